The van der Waals surface area contributed by atoms with Gasteiger partial charge in [0.15, 0.2) is 31.7 Å². The van der Waals surface area contributed by atoms with Crippen LogP contribution in [0.2, 0.25) is 18.1 Å². The number of anilines is 1. The van der Waals surface area contributed by atoms with Crippen LogP contribution >= 0.6 is 0 Å². The molecule has 2 unspecified atom stereocenters. The number of carbonyl (C=O) groups excluding carboxylic acids is 2. The van der Waals surface area contributed by atoms with Gasteiger partial charge in [-0.1, -0.05) is 39.0 Å². The number of fused-ring (bicyclic) bond motifs is 2. The average Bonchev–Trinajstić information content (AvgIpc) is 3.66. The van der Waals surface area contributed by atoms with Gasteiger partial charge in [-0.2, -0.15) is 5.10 Å². The van der Waals surface area contributed by atoms with E-state index in [4.69, 9.17) is 33.5 Å². The number of rotatable bonds is 7. The van der Waals surface area contributed by atoms with Crippen molar-refractivity contribution in [3.05, 3.63) is 47.9 Å². The van der Waals surface area contributed by atoms with Crippen LogP contribution in [0.4, 0.5) is 10.6 Å². The van der Waals surface area contributed by atoms with E-state index < -0.39 is 56.3 Å². The number of hydrogen-bond donors (Lipinski definition) is 1. The number of hydrogen-bond acceptors (Lipinski definition) is 10. The molecule has 3 aromatic rings. The molecular formula is C36H52N6O7Si. The van der Waals surface area contributed by atoms with Gasteiger partial charge < -0.3 is 28.7 Å². The highest BCUT2D eigenvalue weighted by Crippen LogP contribution is 2.50. The third-order valence-electron chi connectivity index (χ3n) is 10.0. The van der Waals surface area contributed by atoms with Crippen molar-refractivity contribution in [2.24, 2.45) is 0 Å². The Morgan fingerprint density at radius 1 is 1.00 bits per heavy atom. The Hall–Kier alpha value is -3.43. The van der Waals surface area contributed by atoms with E-state index in [0.717, 1.165) is 12.8 Å². The molecule has 0 saturated carbocycles. The lowest BCUT2D eigenvalue weighted by atomic mass is 10.0. The number of carbonyl (C=O) groups is 2. The van der Waals surface area contributed by atoms with Crippen molar-refractivity contribution in [3.63, 3.8) is 0 Å². The molecule has 2 amide bonds. The van der Waals surface area contributed by atoms with Crippen molar-refractivity contribution in [2.75, 3.05) is 18.5 Å². The molecule has 6 rings (SSSR count). The van der Waals surface area contributed by atoms with Gasteiger partial charge in [0, 0.05) is 12.2 Å². The van der Waals surface area contributed by atoms with Crippen molar-refractivity contribution in [1.29, 1.82) is 0 Å². The molecule has 5 heterocycles. The molecule has 3 saturated heterocycles. The van der Waals surface area contributed by atoms with Crippen molar-refractivity contribution >= 4 is 37.2 Å². The summed E-state index contributed by atoms with van der Waals surface area (Å²) in [4.78, 5) is 38.7. The van der Waals surface area contributed by atoms with E-state index >= 15 is 0 Å². The Labute approximate surface area is 295 Å². The standard InChI is InChI=1S/C36H52N6O7Si/c1-34(2,3)49-33(44)41-23(20-46-50(9,10)35(4,5)6)29-30(48-36(7,8)47-29)28(41)27-25-26(40-42(27)24-18-14-15-19-45-24)31(38-21-37-25)39-32(43)22-16-12-11-13-17-22/h11-13,16-17,21,23-24,28-30H,14-15,18-20H2,1-10H3,(H,37,38,39,43)/t23-,24?,28-,29-,30?/m0/s1. The predicted molar refractivity (Wildman–Crippen MR) is 190 cm³/mol. The molecule has 0 radical (unpaired) electrons. The maximum Gasteiger partial charge on any atom is 0.411 e. The van der Waals surface area contributed by atoms with Gasteiger partial charge in [-0.15, -0.1) is 0 Å². The van der Waals surface area contributed by atoms with E-state index in [1.165, 1.54) is 6.33 Å². The number of aromatic nitrogens is 4. The lowest BCUT2D eigenvalue weighted by Gasteiger charge is -2.40. The molecule has 3 aliphatic rings. The molecule has 5 atom stereocenters. The van der Waals surface area contributed by atoms with E-state index in [-0.39, 0.29) is 23.4 Å². The monoisotopic (exact) mass is 708 g/mol. The van der Waals surface area contributed by atoms with E-state index in [9.17, 15) is 9.59 Å². The first-order chi connectivity index (χ1) is 23.4. The summed E-state index contributed by atoms with van der Waals surface area (Å²) in [6.07, 6.45) is 1.84. The van der Waals surface area contributed by atoms with Crippen LogP contribution in [0.25, 0.3) is 11.0 Å². The minimum absolute atomic E-state index is 0.0574. The molecule has 0 bridgehead atoms. The molecule has 3 fully saturated rings. The molecule has 1 aromatic carbocycles. The van der Waals surface area contributed by atoms with Crippen LogP contribution in [0.1, 0.15) is 103 Å². The number of benzene rings is 1. The minimum atomic E-state index is -2.26. The first-order valence-electron chi connectivity index (χ1n) is 17.6. The minimum Gasteiger partial charge on any atom is -0.444 e. The van der Waals surface area contributed by atoms with E-state index in [1.54, 1.807) is 29.2 Å². The number of nitrogens with zero attached hydrogens (tertiary/aromatic N) is 5. The highest BCUT2D eigenvalue weighted by atomic mass is 28.4. The predicted octanol–water partition coefficient (Wildman–Crippen LogP) is 6.98. The van der Waals surface area contributed by atoms with Gasteiger partial charge in [0.05, 0.1) is 18.3 Å². The Kier molecular flexibility index (Phi) is 9.65. The van der Waals surface area contributed by atoms with Crippen LogP contribution in [-0.4, -0.2) is 87.8 Å². The zero-order valence-corrected chi connectivity index (χ0v) is 32.0. The summed E-state index contributed by atoms with van der Waals surface area (Å²) >= 11 is 0. The highest BCUT2D eigenvalue weighted by Gasteiger charge is 2.62. The SMILES string of the molecule is CC(C)(C)OC(=O)N1[C@@H](c2c3ncnc(NC(=O)c4ccccc4)c3nn2C2CCCCO2)C2OC(C)(C)O[C@H]2[C@@H]1CO[Si](C)(C)C(C)(C)C. The molecule has 0 spiro atoms. The van der Waals surface area contributed by atoms with E-state index in [1.807, 2.05) is 45.4 Å². The number of likely N-dealkylation sites (tertiary alicyclic amines) is 1. The molecule has 3 aliphatic heterocycles. The summed E-state index contributed by atoms with van der Waals surface area (Å²) in [5, 5.41) is 7.92. The molecule has 272 valence electrons. The zero-order chi connectivity index (χ0) is 36.2. The molecule has 2 aromatic heterocycles. The topological polar surface area (TPSA) is 139 Å². The smallest absolute Gasteiger partial charge is 0.411 e. The Balaban J connectivity index is 1.52. The lowest BCUT2D eigenvalue weighted by Crippen LogP contribution is -2.51. The fourth-order valence-corrected chi connectivity index (χ4v) is 7.64. The molecular weight excluding hydrogens is 657 g/mol. The van der Waals surface area contributed by atoms with Crippen LogP contribution in [0.15, 0.2) is 36.7 Å². The van der Waals surface area contributed by atoms with Crippen molar-refractivity contribution in [3.8, 4) is 0 Å². The second-order valence-electron chi connectivity index (χ2n) is 16.4. The van der Waals surface area contributed by atoms with Crippen molar-refractivity contribution < 1.29 is 33.0 Å². The van der Waals surface area contributed by atoms with Gasteiger partial charge in [-0.05, 0) is 84.1 Å². The van der Waals surface area contributed by atoms with Gasteiger partial charge in [-0.25, -0.2) is 19.4 Å². The normalized spacial score (nSPS) is 25.5. The van der Waals surface area contributed by atoms with Crippen LogP contribution in [0, 0.1) is 0 Å². The van der Waals surface area contributed by atoms with Crippen LogP contribution in [0.3, 0.4) is 0 Å². The summed E-state index contributed by atoms with van der Waals surface area (Å²) in [6, 6.07) is 7.61. The first-order valence-corrected chi connectivity index (χ1v) is 20.5. The van der Waals surface area contributed by atoms with Crippen molar-refractivity contribution in [1.82, 2.24) is 24.6 Å². The number of nitrogens with one attached hydrogen (secondary N) is 1. The van der Waals surface area contributed by atoms with Crippen LogP contribution in [0.5, 0.6) is 0 Å². The Bertz CT molecular complexity index is 1710. The first kappa shape index (κ1) is 36.4. The summed E-state index contributed by atoms with van der Waals surface area (Å²) in [6.45, 7) is 21.0. The van der Waals surface area contributed by atoms with Gasteiger partial charge >= 0.3 is 6.09 Å². The van der Waals surface area contributed by atoms with Gasteiger partial charge in [0.1, 0.15) is 35.7 Å². The van der Waals surface area contributed by atoms with Crippen LogP contribution < -0.4 is 5.32 Å². The largest absolute Gasteiger partial charge is 0.444 e. The highest BCUT2D eigenvalue weighted by molar-refractivity contribution is 6.74. The number of amides is 2. The van der Waals surface area contributed by atoms with Crippen molar-refractivity contribution in [2.45, 2.75) is 135 Å². The second-order valence-corrected chi connectivity index (χ2v) is 21.2. The van der Waals surface area contributed by atoms with E-state index in [2.05, 4.69) is 44.2 Å². The molecule has 0 aliphatic carbocycles. The fourth-order valence-electron chi connectivity index (χ4n) is 6.62. The second kappa shape index (κ2) is 13.3. The molecule has 50 heavy (non-hydrogen) atoms. The summed E-state index contributed by atoms with van der Waals surface area (Å²) < 4.78 is 34.3. The summed E-state index contributed by atoms with van der Waals surface area (Å²) in [5.41, 5.74) is 1.14. The van der Waals surface area contributed by atoms with Gasteiger partial charge in [0.2, 0.25) is 0 Å². The average molecular weight is 709 g/mol. The third kappa shape index (κ3) is 7.18. The summed E-state index contributed by atoms with van der Waals surface area (Å²) in [7, 11) is -2.26. The Morgan fingerprint density at radius 3 is 2.34 bits per heavy atom. The molecule has 1 N–H and O–H groups in total. The molecule has 14 heteroatoms. The quantitative estimate of drug-likeness (QED) is 0.256. The Morgan fingerprint density at radius 2 is 1.70 bits per heavy atom. The fraction of sp³-hybridized carbons (Fsp3) is 0.639. The van der Waals surface area contributed by atoms with Gasteiger partial charge in [-0.3, -0.25) is 9.69 Å². The maximum absolute atomic E-state index is 14.5. The van der Waals surface area contributed by atoms with Gasteiger partial charge in [0.25, 0.3) is 5.91 Å². The molecule has 13 nitrogen and oxygen atoms in total. The maximum atomic E-state index is 14.5. The summed E-state index contributed by atoms with van der Waals surface area (Å²) in [5.74, 6) is -1.02. The third-order valence-corrected chi connectivity index (χ3v) is 14.5. The lowest BCUT2D eigenvalue weighted by molar-refractivity contribution is -0.169. The van der Waals surface area contributed by atoms with E-state index in [0.29, 0.717) is 35.3 Å². The number of ether oxygens (including phenoxy) is 4. The zero-order valence-electron chi connectivity index (χ0n) is 31.0. The van der Waals surface area contributed by atoms with Crippen LogP contribution in [-0.2, 0) is 23.4 Å².